The first-order valence-electron chi connectivity index (χ1n) is 6.15. The Balaban J connectivity index is 2.06. The molecular formula is C15H12F3N3. The van der Waals surface area contributed by atoms with Gasteiger partial charge in [0.25, 0.3) is 0 Å². The molecule has 0 atom stereocenters. The van der Waals surface area contributed by atoms with Crippen LogP contribution in [0.2, 0.25) is 0 Å². The molecule has 0 saturated heterocycles. The Bertz CT molecular complexity index is 645. The smallest absolute Gasteiger partial charge is 0.321 e. The van der Waals surface area contributed by atoms with E-state index in [1.807, 2.05) is 30.3 Å². The molecule has 0 aliphatic rings. The predicted octanol–water partition coefficient (Wildman–Crippen LogP) is 3.69. The quantitative estimate of drug-likeness (QED) is 0.844. The summed E-state index contributed by atoms with van der Waals surface area (Å²) in [6.45, 7) is 0.198. The SMILES string of the molecule is N#Cc1ccc(CNNc2ccccc2)cc1C(F)(F)F. The number of hydrazine groups is 1. The summed E-state index contributed by atoms with van der Waals surface area (Å²) in [5.41, 5.74) is 5.67. The maximum absolute atomic E-state index is 12.8. The van der Waals surface area contributed by atoms with Gasteiger partial charge in [-0.2, -0.15) is 18.4 Å². The van der Waals surface area contributed by atoms with Gasteiger partial charge in [-0.05, 0) is 29.8 Å². The number of nitrogens with one attached hydrogen (secondary N) is 2. The van der Waals surface area contributed by atoms with Crippen LogP contribution in [0.1, 0.15) is 16.7 Å². The summed E-state index contributed by atoms with van der Waals surface area (Å²) >= 11 is 0. The molecule has 2 rings (SSSR count). The minimum Gasteiger partial charge on any atom is -0.321 e. The lowest BCUT2D eigenvalue weighted by molar-refractivity contribution is -0.137. The van der Waals surface area contributed by atoms with Crippen LogP contribution in [-0.4, -0.2) is 0 Å². The third-order valence-corrected chi connectivity index (χ3v) is 2.81. The number of nitrogens with zero attached hydrogens (tertiary/aromatic N) is 1. The summed E-state index contributed by atoms with van der Waals surface area (Å²) in [6.07, 6.45) is -4.53. The van der Waals surface area contributed by atoms with Crippen LogP contribution in [0.4, 0.5) is 18.9 Å². The van der Waals surface area contributed by atoms with E-state index in [1.165, 1.54) is 12.1 Å². The Morgan fingerprint density at radius 1 is 1.05 bits per heavy atom. The van der Waals surface area contributed by atoms with E-state index in [9.17, 15) is 13.2 Å². The largest absolute Gasteiger partial charge is 0.417 e. The molecule has 21 heavy (non-hydrogen) atoms. The van der Waals surface area contributed by atoms with Gasteiger partial charge in [0.1, 0.15) is 0 Å². The zero-order chi connectivity index (χ0) is 15.3. The van der Waals surface area contributed by atoms with Gasteiger partial charge >= 0.3 is 6.18 Å². The van der Waals surface area contributed by atoms with Gasteiger partial charge in [0.15, 0.2) is 0 Å². The summed E-state index contributed by atoms with van der Waals surface area (Å²) in [7, 11) is 0. The Hall–Kier alpha value is -2.52. The van der Waals surface area contributed by atoms with Crippen molar-refractivity contribution in [1.29, 1.82) is 5.26 Å². The van der Waals surface area contributed by atoms with Crippen LogP contribution >= 0.6 is 0 Å². The molecule has 0 aliphatic carbocycles. The fraction of sp³-hybridized carbons (Fsp3) is 0.133. The zero-order valence-electron chi connectivity index (χ0n) is 10.9. The van der Waals surface area contributed by atoms with Crippen LogP contribution in [0.25, 0.3) is 0 Å². The third-order valence-electron chi connectivity index (χ3n) is 2.81. The first-order chi connectivity index (χ1) is 10.0. The highest BCUT2D eigenvalue weighted by Gasteiger charge is 2.33. The van der Waals surface area contributed by atoms with Gasteiger partial charge in [0.2, 0.25) is 0 Å². The average molecular weight is 291 g/mol. The summed E-state index contributed by atoms with van der Waals surface area (Å²) in [6, 6.07) is 14.4. The molecule has 0 unspecified atom stereocenters. The number of halogens is 3. The molecule has 3 nitrogen and oxygen atoms in total. The Labute approximate surface area is 120 Å². The molecule has 0 saturated carbocycles. The topological polar surface area (TPSA) is 47.9 Å². The van der Waals surface area contributed by atoms with Crippen LogP contribution in [-0.2, 0) is 12.7 Å². The lowest BCUT2D eigenvalue weighted by Gasteiger charge is -2.12. The predicted molar refractivity (Wildman–Crippen MR) is 73.1 cm³/mol. The van der Waals surface area contributed by atoms with Crippen molar-refractivity contribution in [2.24, 2.45) is 0 Å². The fourth-order valence-corrected chi connectivity index (χ4v) is 1.80. The first-order valence-corrected chi connectivity index (χ1v) is 6.15. The van der Waals surface area contributed by atoms with Crippen molar-refractivity contribution in [2.45, 2.75) is 12.7 Å². The highest BCUT2D eigenvalue weighted by atomic mass is 19.4. The number of alkyl halides is 3. The maximum Gasteiger partial charge on any atom is 0.417 e. The van der Waals surface area contributed by atoms with E-state index in [4.69, 9.17) is 5.26 Å². The molecule has 0 heterocycles. The minimum absolute atomic E-state index is 0.198. The third kappa shape index (κ3) is 3.97. The van der Waals surface area contributed by atoms with Crippen molar-refractivity contribution >= 4 is 5.69 Å². The van der Waals surface area contributed by atoms with Crippen molar-refractivity contribution < 1.29 is 13.2 Å². The Kier molecular flexibility index (Phi) is 4.45. The van der Waals surface area contributed by atoms with Gasteiger partial charge < -0.3 is 5.43 Å². The van der Waals surface area contributed by atoms with E-state index < -0.39 is 11.7 Å². The van der Waals surface area contributed by atoms with E-state index in [0.717, 1.165) is 11.8 Å². The number of para-hydroxylation sites is 1. The van der Waals surface area contributed by atoms with E-state index in [2.05, 4.69) is 10.9 Å². The van der Waals surface area contributed by atoms with Crippen molar-refractivity contribution in [3.63, 3.8) is 0 Å². The molecule has 0 aliphatic heterocycles. The second kappa shape index (κ2) is 6.29. The zero-order valence-corrected chi connectivity index (χ0v) is 10.9. The summed E-state index contributed by atoms with van der Waals surface area (Å²) < 4.78 is 38.4. The first kappa shape index (κ1) is 14.9. The van der Waals surface area contributed by atoms with Crippen LogP contribution in [0.5, 0.6) is 0 Å². The van der Waals surface area contributed by atoms with Crippen molar-refractivity contribution in [3.8, 4) is 6.07 Å². The lowest BCUT2D eigenvalue weighted by Crippen LogP contribution is -2.21. The molecule has 2 aromatic rings. The lowest BCUT2D eigenvalue weighted by atomic mass is 10.0. The number of hydrogen-bond acceptors (Lipinski definition) is 3. The fourth-order valence-electron chi connectivity index (χ4n) is 1.80. The van der Waals surface area contributed by atoms with Crippen molar-refractivity contribution in [3.05, 3.63) is 65.2 Å². The number of hydrogen-bond donors (Lipinski definition) is 2. The van der Waals surface area contributed by atoms with Crippen LogP contribution in [0, 0.1) is 11.3 Å². The van der Waals surface area contributed by atoms with Gasteiger partial charge in [-0.25, -0.2) is 5.43 Å². The normalized spacial score (nSPS) is 11.0. The molecule has 6 heteroatoms. The second-order valence-electron chi connectivity index (χ2n) is 4.33. The van der Waals surface area contributed by atoms with E-state index in [1.54, 1.807) is 6.07 Å². The standard InChI is InChI=1S/C15H12F3N3/c16-15(17,18)14-8-11(6-7-12(14)9-19)10-20-21-13-4-2-1-3-5-13/h1-8,20-21H,10H2. The molecule has 2 aromatic carbocycles. The molecule has 0 radical (unpaired) electrons. The number of benzene rings is 2. The molecule has 0 amide bonds. The molecule has 0 spiro atoms. The van der Waals surface area contributed by atoms with Crippen molar-refractivity contribution in [1.82, 2.24) is 5.43 Å². The molecule has 0 bridgehead atoms. The highest BCUT2D eigenvalue weighted by Crippen LogP contribution is 2.32. The van der Waals surface area contributed by atoms with Crippen LogP contribution in [0.3, 0.4) is 0 Å². The minimum atomic E-state index is -4.53. The Morgan fingerprint density at radius 3 is 2.38 bits per heavy atom. The average Bonchev–Trinajstić information content (AvgIpc) is 2.47. The molecule has 0 aromatic heterocycles. The van der Waals surface area contributed by atoms with Gasteiger partial charge in [0, 0.05) is 12.2 Å². The molecule has 108 valence electrons. The number of nitriles is 1. The van der Waals surface area contributed by atoms with E-state index in [0.29, 0.717) is 5.56 Å². The monoisotopic (exact) mass is 291 g/mol. The van der Waals surface area contributed by atoms with Crippen LogP contribution in [0.15, 0.2) is 48.5 Å². The van der Waals surface area contributed by atoms with Gasteiger partial charge in [-0.1, -0.05) is 24.3 Å². The Morgan fingerprint density at radius 2 is 1.76 bits per heavy atom. The summed E-state index contributed by atoms with van der Waals surface area (Å²) in [4.78, 5) is 0. The van der Waals surface area contributed by atoms with Crippen LogP contribution < -0.4 is 10.9 Å². The molecular weight excluding hydrogens is 279 g/mol. The van der Waals surface area contributed by atoms with Gasteiger partial charge in [0.05, 0.1) is 17.2 Å². The van der Waals surface area contributed by atoms with Crippen molar-refractivity contribution in [2.75, 3.05) is 5.43 Å². The van der Waals surface area contributed by atoms with E-state index >= 15 is 0 Å². The van der Waals surface area contributed by atoms with E-state index in [-0.39, 0.29) is 12.1 Å². The van der Waals surface area contributed by atoms with Gasteiger partial charge in [-0.15, -0.1) is 0 Å². The number of rotatable bonds is 4. The highest BCUT2D eigenvalue weighted by molar-refractivity contribution is 5.43. The van der Waals surface area contributed by atoms with Gasteiger partial charge in [-0.3, -0.25) is 0 Å². The summed E-state index contributed by atoms with van der Waals surface area (Å²) in [5, 5.41) is 8.72. The molecule has 2 N–H and O–H groups in total. The number of anilines is 1. The maximum atomic E-state index is 12.8. The molecule has 0 fully saturated rings. The second-order valence-corrected chi connectivity index (χ2v) is 4.33. The summed E-state index contributed by atoms with van der Waals surface area (Å²) in [5.74, 6) is 0.